The molecule has 0 aliphatic rings. The van der Waals surface area contributed by atoms with Gasteiger partial charge >= 0.3 is 0 Å². The lowest BCUT2D eigenvalue weighted by Crippen LogP contribution is -2.52. The second-order valence-electron chi connectivity index (χ2n) is 3.80. The molecule has 0 atom stereocenters. The summed E-state index contributed by atoms with van der Waals surface area (Å²) in [5.74, 6) is -0.329. The highest BCUT2D eigenvalue weighted by atomic mass is 35.5. The molecule has 6 heteroatoms. The Bertz CT molecular complexity index is 434. The van der Waals surface area contributed by atoms with E-state index < -0.39 is 5.54 Å². The fourth-order valence-electron chi connectivity index (χ4n) is 0.972. The van der Waals surface area contributed by atoms with E-state index >= 15 is 0 Å². The second kappa shape index (κ2) is 4.76. The van der Waals surface area contributed by atoms with E-state index in [1.165, 1.54) is 18.5 Å². The molecule has 0 radical (unpaired) electrons. The van der Waals surface area contributed by atoms with Crippen molar-refractivity contribution in [2.45, 2.75) is 19.4 Å². The lowest BCUT2D eigenvalue weighted by Gasteiger charge is -2.24. The van der Waals surface area contributed by atoms with E-state index in [1.807, 2.05) is 0 Å². The zero-order valence-corrected chi connectivity index (χ0v) is 10.5. The number of hydrogen-bond donors (Lipinski definition) is 2. The average Bonchev–Trinajstić information content (AvgIpc) is 2.17. The molecular weight excluding hydrogens is 246 g/mol. The number of hydrogen-bond acceptors (Lipinski definition) is 3. The summed E-state index contributed by atoms with van der Waals surface area (Å²) in [6.07, 6.45) is 2.90. The summed E-state index contributed by atoms with van der Waals surface area (Å²) in [5, 5.41) is 2.99. The second-order valence-corrected chi connectivity index (χ2v) is 4.65. The van der Waals surface area contributed by atoms with Gasteiger partial charge in [-0.3, -0.25) is 9.78 Å². The Morgan fingerprint density at radius 3 is 2.75 bits per heavy atom. The molecule has 0 aromatic carbocycles. The van der Waals surface area contributed by atoms with Gasteiger partial charge in [0.25, 0.3) is 5.91 Å². The van der Waals surface area contributed by atoms with Crippen LogP contribution in [0.1, 0.15) is 24.2 Å². The molecule has 1 amide bonds. The Kier molecular flexibility index (Phi) is 3.83. The maximum Gasteiger partial charge on any atom is 0.253 e. The molecule has 1 heterocycles. The molecule has 16 heavy (non-hydrogen) atoms. The van der Waals surface area contributed by atoms with Crippen LogP contribution in [0.4, 0.5) is 0 Å². The van der Waals surface area contributed by atoms with Crippen molar-refractivity contribution in [3.63, 3.8) is 0 Å². The van der Waals surface area contributed by atoms with Crippen molar-refractivity contribution in [3.8, 4) is 0 Å². The van der Waals surface area contributed by atoms with Gasteiger partial charge in [0.15, 0.2) is 0 Å². The monoisotopic (exact) mass is 257 g/mol. The molecule has 0 aliphatic carbocycles. The van der Waals surface area contributed by atoms with E-state index in [2.05, 4.69) is 10.3 Å². The summed E-state index contributed by atoms with van der Waals surface area (Å²) < 4.78 is 0. The van der Waals surface area contributed by atoms with Crippen LogP contribution in [0.25, 0.3) is 0 Å². The van der Waals surface area contributed by atoms with Crippen LogP contribution in [0.5, 0.6) is 0 Å². The summed E-state index contributed by atoms with van der Waals surface area (Å²) in [5.41, 5.74) is 5.10. The van der Waals surface area contributed by atoms with Gasteiger partial charge in [-0.1, -0.05) is 23.8 Å². The number of rotatable bonds is 3. The number of amides is 1. The minimum absolute atomic E-state index is 0.214. The lowest BCUT2D eigenvalue weighted by molar-refractivity contribution is 0.0932. The van der Waals surface area contributed by atoms with Gasteiger partial charge in [-0.2, -0.15) is 0 Å². The van der Waals surface area contributed by atoms with E-state index in [1.54, 1.807) is 13.8 Å². The molecule has 4 nitrogen and oxygen atoms in total. The van der Waals surface area contributed by atoms with Crippen LogP contribution in [-0.2, 0) is 0 Å². The number of halogens is 1. The van der Waals surface area contributed by atoms with Crippen LogP contribution in [0.3, 0.4) is 0 Å². The first-order valence-electron chi connectivity index (χ1n) is 4.56. The highest BCUT2D eigenvalue weighted by Crippen LogP contribution is 2.14. The van der Waals surface area contributed by atoms with E-state index in [9.17, 15) is 4.79 Å². The number of carbonyl (C=O) groups is 1. The zero-order valence-electron chi connectivity index (χ0n) is 8.95. The smallest absolute Gasteiger partial charge is 0.253 e. The molecule has 0 aliphatic heterocycles. The first-order valence-corrected chi connectivity index (χ1v) is 5.35. The first kappa shape index (κ1) is 12.9. The van der Waals surface area contributed by atoms with E-state index in [-0.39, 0.29) is 10.9 Å². The van der Waals surface area contributed by atoms with Crippen molar-refractivity contribution >= 4 is 34.7 Å². The van der Waals surface area contributed by atoms with Crippen molar-refractivity contribution in [2.24, 2.45) is 5.73 Å². The van der Waals surface area contributed by atoms with Gasteiger partial charge in [-0.05, 0) is 19.9 Å². The minimum Gasteiger partial charge on any atom is -0.391 e. The summed E-state index contributed by atoms with van der Waals surface area (Å²) in [7, 11) is 0. The van der Waals surface area contributed by atoms with Crippen LogP contribution in [0.15, 0.2) is 18.5 Å². The number of nitrogens with one attached hydrogen (secondary N) is 1. The molecule has 0 saturated heterocycles. The summed E-state index contributed by atoms with van der Waals surface area (Å²) in [4.78, 5) is 15.9. The van der Waals surface area contributed by atoms with Gasteiger partial charge in [0.05, 0.1) is 21.1 Å². The van der Waals surface area contributed by atoms with Crippen molar-refractivity contribution in [3.05, 3.63) is 29.0 Å². The van der Waals surface area contributed by atoms with Gasteiger partial charge in [0.1, 0.15) is 0 Å². The van der Waals surface area contributed by atoms with Crippen molar-refractivity contribution in [2.75, 3.05) is 0 Å². The Morgan fingerprint density at radius 1 is 1.62 bits per heavy atom. The molecule has 86 valence electrons. The Hall–Kier alpha value is -1.20. The topological polar surface area (TPSA) is 68.0 Å². The predicted octanol–water partition coefficient (Wildman–Crippen LogP) is 1.53. The Balaban J connectivity index is 2.89. The number of nitrogens with zero attached hydrogens (tertiary/aromatic N) is 1. The third-order valence-corrected chi connectivity index (χ3v) is 2.87. The van der Waals surface area contributed by atoms with Gasteiger partial charge in [-0.25, -0.2) is 0 Å². The molecule has 0 saturated carbocycles. The van der Waals surface area contributed by atoms with Gasteiger partial charge in [-0.15, -0.1) is 0 Å². The van der Waals surface area contributed by atoms with Crippen molar-refractivity contribution < 1.29 is 4.79 Å². The zero-order chi connectivity index (χ0) is 12.3. The van der Waals surface area contributed by atoms with Crippen LogP contribution < -0.4 is 11.1 Å². The van der Waals surface area contributed by atoms with E-state index in [4.69, 9.17) is 29.6 Å². The quantitative estimate of drug-likeness (QED) is 0.806. The maximum absolute atomic E-state index is 11.8. The van der Waals surface area contributed by atoms with Gasteiger partial charge in [0, 0.05) is 12.4 Å². The molecular formula is C10H12ClN3OS. The normalized spacial score (nSPS) is 10.9. The first-order chi connectivity index (χ1) is 7.34. The maximum atomic E-state index is 11.8. The lowest BCUT2D eigenvalue weighted by atomic mass is 10.1. The molecule has 0 unspecified atom stereocenters. The molecule has 1 aromatic heterocycles. The molecule has 0 fully saturated rings. The van der Waals surface area contributed by atoms with Crippen LogP contribution in [-0.4, -0.2) is 21.4 Å². The molecule has 0 bridgehead atoms. The highest BCUT2D eigenvalue weighted by Gasteiger charge is 2.24. The molecule has 1 rings (SSSR count). The predicted molar refractivity (Wildman–Crippen MR) is 67.6 cm³/mol. The van der Waals surface area contributed by atoms with Gasteiger partial charge < -0.3 is 11.1 Å². The highest BCUT2D eigenvalue weighted by molar-refractivity contribution is 7.80. The Morgan fingerprint density at radius 2 is 2.25 bits per heavy atom. The largest absolute Gasteiger partial charge is 0.391 e. The number of thiocarbonyl (C=S) groups is 1. The minimum atomic E-state index is -0.751. The summed E-state index contributed by atoms with van der Waals surface area (Å²) in [6, 6.07) is 1.54. The Labute approximate surface area is 104 Å². The fourth-order valence-corrected chi connectivity index (χ4v) is 1.23. The number of carbonyl (C=O) groups excluding carboxylic acids is 1. The van der Waals surface area contributed by atoms with Crippen LogP contribution in [0, 0.1) is 0 Å². The van der Waals surface area contributed by atoms with Crippen LogP contribution >= 0.6 is 23.8 Å². The van der Waals surface area contributed by atoms with Crippen molar-refractivity contribution in [1.29, 1.82) is 0 Å². The van der Waals surface area contributed by atoms with Crippen LogP contribution in [0.2, 0.25) is 5.02 Å². The van der Waals surface area contributed by atoms with Crippen molar-refractivity contribution in [1.82, 2.24) is 10.3 Å². The fraction of sp³-hybridized carbons (Fsp3) is 0.300. The number of nitrogens with two attached hydrogens (primary N) is 1. The van der Waals surface area contributed by atoms with E-state index in [0.717, 1.165) is 0 Å². The SMILES string of the molecule is CC(C)(NC(=O)c1ccncc1Cl)C(N)=S. The number of pyridine rings is 1. The van der Waals surface area contributed by atoms with Gasteiger partial charge in [0.2, 0.25) is 0 Å². The standard InChI is InChI=1S/C10H12ClN3OS/c1-10(2,9(12)16)14-8(15)6-3-4-13-5-7(6)11/h3-5H,1-2H3,(H2,12,16)(H,14,15). The van der Waals surface area contributed by atoms with E-state index in [0.29, 0.717) is 10.6 Å². The number of aromatic nitrogens is 1. The third-order valence-electron chi connectivity index (χ3n) is 2.06. The summed E-state index contributed by atoms with van der Waals surface area (Å²) >= 11 is 10.7. The molecule has 3 N–H and O–H groups in total. The third kappa shape index (κ3) is 2.90. The molecule has 0 spiro atoms. The average molecular weight is 258 g/mol. The summed E-state index contributed by atoms with van der Waals surface area (Å²) in [6.45, 7) is 3.45. The molecule has 1 aromatic rings.